The maximum Gasteiger partial charge on any atom is 0.318 e. The topological polar surface area (TPSA) is 69.7 Å². The molecule has 0 unspecified atom stereocenters. The van der Waals surface area contributed by atoms with Crippen LogP contribution < -0.4 is 0 Å². The van der Waals surface area contributed by atoms with Crippen molar-refractivity contribution in [1.29, 1.82) is 0 Å². The van der Waals surface area contributed by atoms with Crippen molar-refractivity contribution in [3.8, 4) is 0 Å². The summed E-state index contributed by atoms with van der Waals surface area (Å²) in [7, 11) is 0. The highest BCUT2D eigenvalue weighted by Gasteiger charge is 2.02. The molecule has 0 aromatic carbocycles. The number of carbonyl (C=O) groups excluding carboxylic acids is 3. The molecule has 0 heterocycles. The molecule has 0 aliphatic carbocycles. The van der Waals surface area contributed by atoms with Crippen LogP contribution in [0.25, 0.3) is 0 Å². The van der Waals surface area contributed by atoms with Crippen LogP contribution in [0.3, 0.4) is 0 Å². The fourth-order valence-corrected chi connectivity index (χ4v) is 0.455. The molecule has 0 aliphatic heterocycles. The molecular formula is C10H14O5. The van der Waals surface area contributed by atoms with Crippen molar-refractivity contribution < 1.29 is 23.9 Å². The summed E-state index contributed by atoms with van der Waals surface area (Å²) in [5.74, 6) is -1.09. The quantitative estimate of drug-likeness (QED) is 0.401. The van der Waals surface area contributed by atoms with Gasteiger partial charge in [0.2, 0.25) is 0 Å². The van der Waals surface area contributed by atoms with E-state index in [1.807, 2.05) is 0 Å². The molecule has 0 aliphatic rings. The molecule has 5 nitrogen and oxygen atoms in total. The first-order valence-corrected chi connectivity index (χ1v) is 4.02. The number of Topliss-reactive ketones (excluding diaryl/α,β-unsaturated/α-hetero) is 1. The van der Waals surface area contributed by atoms with E-state index in [-0.39, 0.29) is 18.2 Å². The van der Waals surface area contributed by atoms with Crippen molar-refractivity contribution in [2.45, 2.75) is 20.3 Å². The summed E-state index contributed by atoms with van der Waals surface area (Å²) in [6.07, 6.45) is 1.93. The zero-order valence-electron chi connectivity index (χ0n) is 8.82. The molecule has 0 fully saturated rings. The van der Waals surface area contributed by atoms with E-state index in [0.29, 0.717) is 0 Å². The van der Waals surface area contributed by atoms with E-state index in [9.17, 15) is 14.4 Å². The second-order valence-corrected chi connectivity index (χ2v) is 2.31. The van der Waals surface area contributed by atoms with Crippen LogP contribution >= 0.6 is 0 Å². The fourth-order valence-electron chi connectivity index (χ4n) is 0.455. The van der Waals surface area contributed by atoms with E-state index in [0.717, 1.165) is 12.5 Å². The molecule has 0 saturated carbocycles. The fraction of sp³-hybridized carbons (Fsp3) is 0.300. The molecular weight excluding hydrogens is 200 g/mol. The van der Waals surface area contributed by atoms with Gasteiger partial charge in [0.15, 0.2) is 0 Å². The number of ether oxygens (including phenoxy) is 2. The second-order valence-electron chi connectivity index (χ2n) is 2.31. The summed E-state index contributed by atoms with van der Waals surface area (Å²) in [5.41, 5.74) is 0. The Hall–Kier alpha value is -1.91. The Morgan fingerprint density at radius 3 is 1.73 bits per heavy atom. The lowest BCUT2D eigenvalue weighted by Gasteiger charge is -1.92. The SMILES string of the molecule is C=COC(=O)CC(C)=O.C=COC(C)=O. The Morgan fingerprint density at radius 1 is 1.07 bits per heavy atom. The summed E-state index contributed by atoms with van der Waals surface area (Å²) in [4.78, 5) is 30.3. The van der Waals surface area contributed by atoms with E-state index >= 15 is 0 Å². The third kappa shape index (κ3) is 18.8. The summed E-state index contributed by atoms with van der Waals surface area (Å²) in [5, 5.41) is 0. The lowest BCUT2D eigenvalue weighted by Crippen LogP contribution is -2.04. The second kappa shape index (κ2) is 10.2. The Labute approximate surface area is 88.4 Å². The maximum atomic E-state index is 10.3. The standard InChI is InChI=1S/C6H8O3.C4H6O2/c1-3-9-6(8)4-5(2)7;1-3-6-4(2)5/h3H,1,4H2,2H3;3H,1H2,2H3. The minimum absolute atomic E-state index is 0.175. The highest BCUT2D eigenvalue weighted by molar-refractivity contribution is 5.94. The summed E-state index contributed by atoms with van der Waals surface area (Å²) < 4.78 is 8.42. The number of rotatable bonds is 4. The lowest BCUT2D eigenvalue weighted by molar-refractivity contribution is -0.140. The predicted octanol–water partition coefficient (Wildman–Crippen LogP) is 1.35. The monoisotopic (exact) mass is 214 g/mol. The minimum Gasteiger partial charge on any atom is -0.435 e. The first-order valence-electron chi connectivity index (χ1n) is 4.02. The van der Waals surface area contributed by atoms with Crippen LogP contribution in [0.15, 0.2) is 25.7 Å². The Kier molecular flexibility index (Phi) is 10.6. The third-order valence-corrected chi connectivity index (χ3v) is 0.857. The van der Waals surface area contributed by atoms with Gasteiger partial charge in [-0.3, -0.25) is 14.4 Å². The summed E-state index contributed by atoms with van der Waals surface area (Å²) >= 11 is 0. The maximum absolute atomic E-state index is 10.3. The summed E-state index contributed by atoms with van der Waals surface area (Å²) in [6.45, 7) is 8.96. The number of hydrogen-bond donors (Lipinski definition) is 0. The highest BCUT2D eigenvalue weighted by Crippen LogP contribution is 1.86. The molecule has 0 N–H and O–H groups in total. The molecule has 0 atom stereocenters. The highest BCUT2D eigenvalue weighted by atomic mass is 16.5. The third-order valence-electron chi connectivity index (χ3n) is 0.857. The largest absolute Gasteiger partial charge is 0.435 e. The van der Waals surface area contributed by atoms with Crippen LogP contribution in [0, 0.1) is 0 Å². The number of hydrogen-bond acceptors (Lipinski definition) is 5. The smallest absolute Gasteiger partial charge is 0.318 e. The van der Waals surface area contributed by atoms with Gasteiger partial charge in [0.05, 0.1) is 12.5 Å². The molecule has 84 valence electrons. The van der Waals surface area contributed by atoms with Gasteiger partial charge in [-0.25, -0.2) is 0 Å². The van der Waals surface area contributed by atoms with Crippen LogP contribution in [0.5, 0.6) is 0 Å². The predicted molar refractivity (Wildman–Crippen MR) is 53.6 cm³/mol. The summed E-state index contributed by atoms with van der Waals surface area (Å²) in [6, 6.07) is 0. The molecule has 0 saturated heterocycles. The minimum atomic E-state index is -0.558. The van der Waals surface area contributed by atoms with E-state index in [4.69, 9.17) is 0 Å². The van der Waals surface area contributed by atoms with Crippen LogP contribution in [-0.2, 0) is 23.9 Å². The van der Waals surface area contributed by atoms with Gasteiger partial charge in [-0.2, -0.15) is 0 Å². The molecule has 0 radical (unpaired) electrons. The van der Waals surface area contributed by atoms with Gasteiger partial charge in [0, 0.05) is 6.92 Å². The van der Waals surface area contributed by atoms with Crippen molar-refractivity contribution in [2.75, 3.05) is 0 Å². The number of ketones is 1. The first kappa shape index (κ1) is 15.6. The van der Waals surface area contributed by atoms with Crippen molar-refractivity contribution in [3.05, 3.63) is 25.7 Å². The molecule has 0 amide bonds. The normalized spacial score (nSPS) is 7.60. The van der Waals surface area contributed by atoms with Gasteiger partial charge in [0.1, 0.15) is 12.2 Å². The molecule has 0 aromatic rings. The van der Waals surface area contributed by atoms with Crippen molar-refractivity contribution in [1.82, 2.24) is 0 Å². The van der Waals surface area contributed by atoms with Crippen molar-refractivity contribution >= 4 is 17.7 Å². The van der Waals surface area contributed by atoms with Gasteiger partial charge < -0.3 is 9.47 Å². The van der Waals surface area contributed by atoms with Gasteiger partial charge in [-0.05, 0) is 6.92 Å². The van der Waals surface area contributed by atoms with Crippen LogP contribution in [-0.4, -0.2) is 17.7 Å². The molecule has 0 bridgehead atoms. The number of esters is 2. The van der Waals surface area contributed by atoms with E-state index in [2.05, 4.69) is 22.6 Å². The molecule has 0 spiro atoms. The van der Waals surface area contributed by atoms with E-state index in [1.165, 1.54) is 13.8 Å². The zero-order valence-corrected chi connectivity index (χ0v) is 8.82. The Bertz CT molecular complexity index is 255. The number of carbonyl (C=O) groups is 3. The average Bonchev–Trinajstić information content (AvgIpc) is 2.03. The van der Waals surface area contributed by atoms with Crippen LogP contribution in [0.2, 0.25) is 0 Å². The molecule has 0 aromatic heterocycles. The first-order chi connectivity index (χ1) is 6.93. The van der Waals surface area contributed by atoms with Gasteiger partial charge >= 0.3 is 11.9 Å². The van der Waals surface area contributed by atoms with Gasteiger partial charge in [-0.1, -0.05) is 13.2 Å². The van der Waals surface area contributed by atoms with Gasteiger partial charge in [-0.15, -0.1) is 0 Å². The molecule has 5 heteroatoms. The molecule has 15 heavy (non-hydrogen) atoms. The zero-order chi connectivity index (χ0) is 12.3. The van der Waals surface area contributed by atoms with Gasteiger partial charge in [0.25, 0.3) is 0 Å². The average molecular weight is 214 g/mol. The lowest BCUT2D eigenvalue weighted by atomic mass is 10.3. The van der Waals surface area contributed by atoms with E-state index < -0.39 is 5.97 Å². The Balaban J connectivity index is 0. The van der Waals surface area contributed by atoms with Crippen molar-refractivity contribution in [3.63, 3.8) is 0 Å². The Morgan fingerprint density at radius 2 is 1.53 bits per heavy atom. The van der Waals surface area contributed by atoms with Crippen LogP contribution in [0.4, 0.5) is 0 Å². The van der Waals surface area contributed by atoms with E-state index in [1.54, 1.807) is 0 Å². The van der Waals surface area contributed by atoms with Crippen LogP contribution in [0.1, 0.15) is 20.3 Å². The molecule has 0 rings (SSSR count). The van der Waals surface area contributed by atoms with Crippen molar-refractivity contribution in [2.24, 2.45) is 0 Å².